The van der Waals surface area contributed by atoms with Gasteiger partial charge in [-0.2, -0.15) is 0 Å². The van der Waals surface area contributed by atoms with Gasteiger partial charge < -0.3 is 15.0 Å². The van der Waals surface area contributed by atoms with Crippen LogP contribution in [0, 0.1) is 11.7 Å². The summed E-state index contributed by atoms with van der Waals surface area (Å²) in [4.78, 5) is 14.4. The van der Waals surface area contributed by atoms with Gasteiger partial charge in [0.15, 0.2) is 0 Å². The summed E-state index contributed by atoms with van der Waals surface area (Å²) >= 11 is 0. The molecule has 0 aromatic heterocycles. The molecule has 2 aliphatic heterocycles. The quantitative estimate of drug-likeness (QED) is 0.930. The molecule has 1 aromatic carbocycles. The van der Waals surface area contributed by atoms with Crippen LogP contribution in [0.3, 0.4) is 0 Å². The zero-order valence-electron chi connectivity index (χ0n) is 12.8. The molecular formula is C17H23FN2O2. The van der Waals surface area contributed by atoms with Crippen LogP contribution in [0.1, 0.15) is 30.9 Å². The molecule has 4 nitrogen and oxygen atoms in total. The van der Waals surface area contributed by atoms with Crippen LogP contribution in [0.2, 0.25) is 0 Å². The van der Waals surface area contributed by atoms with Gasteiger partial charge in [-0.25, -0.2) is 4.39 Å². The number of hydrogen-bond donors (Lipinski definition) is 1. The minimum atomic E-state index is -0.251. The molecule has 1 N–H and O–H groups in total. The minimum absolute atomic E-state index is 0.147. The van der Waals surface area contributed by atoms with Crippen molar-refractivity contribution in [1.29, 1.82) is 0 Å². The molecule has 2 heterocycles. The van der Waals surface area contributed by atoms with Gasteiger partial charge in [0.05, 0.1) is 13.2 Å². The molecule has 5 heteroatoms. The first-order valence-corrected chi connectivity index (χ1v) is 8.08. The zero-order valence-corrected chi connectivity index (χ0v) is 12.8. The van der Waals surface area contributed by atoms with E-state index in [9.17, 15) is 9.18 Å². The largest absolute Gasteiger partial charge is 0.370 e. The molecule has 0 bridgehead atoms. The zero-order chi connectivity index (χ0) is 15.4. The number of morpholine rings is 1. The number of piperidine rings is 1. The maximum absolute atomic E-state index is 13.0. The van der Waals surface area contributed by atoms with Crippen LogP contribution in [0.4, 0.5) is 4.39 Å². The van der Waals surface area contributed by atoms with Gasteiger partial charge >= 0.3 is 0 Å². The molecule has 2 aliphatic rings. The highest BCUT2D eigenvalue weighted by Gasteiger charge is 2.27. The average Bonchev–Trinajstić information content (AvgIpc) is 2.56. The van der Waals surface area contributed by atoms with Crippen LogP contribution < -0.4 is 5.32 Å². The van der Waals surface area contributed by atoms with Crippen LogP contribution in [0.15, 0.2) is 24.3 Å². The normalized spacial score (nSPS) is 23.5. The topological polar surface area (TPSA) is 41.6 Å². The molecule has 2 saturated heterocycles. The molecule has 1 unspecified atom stereocenters. The number of halogens is 1. The number of nitrogens with one attached hydrogen (secondary N) is 1. The fraction of sp³-hybridized carbons (Fsp3) is 0.588. The molecule has 2 fully saturated rings. The number of hydrogen-bond acceptors (Lipinski definition) is 3. The van der Waals surface area contributed by atoms with Crippen molar-refractivity contribution in [3.05, 3.63) is 35.6 Å². The van der Waals surface area contributed by atoms with E-state index < -0.39 is 0 Å². The first kappa shape index (κ1) is 15.4. The third-order valence-electron chi connectivity index (χ3n) is 4.58. The van der Waals surface area contributed by atoms with E-state index in [0.717, 1.165) is 31.5 Å². The van der Waals surface area contributed by atoms with E-state index in [4.69, 9.17) is 4.74 Å². The second-order valence-corrected chi connectivity index (χ2v) is 6.15. The highest BCUT2D eigenvalue weighted by Crippen LogP contribution is 2.24. The number of carbonyl (C=O) groups is 1. The maximum Gasteiger partial charge on any atom is 0.223 e. The molecule has 1 aromatic rings. The molecule has 0 aliphatic carbocycles. The number of benzene rings is 1. The van der Waals surface area contributed by atoms with Crippen molar-refractivity contribution in [3.8, 4) is 0 Å². The fourth-order valence-electron chi connectivity index (χ4n) is 3.22. The molecule has 0 radical (unpaired) electrons. The Kier molecular flexibility index (Phi) is 5.05. The highest BCUT2D eigenvalue weighted by atomic mass is 19.1. The van der Waals surface area contributed by atoms with Crippen molar-refractivity contribution in [2.45, 2.75) is 25.4 Å². The van der Waals surface area contributed by atoms with E-state index in [2.05, 4.69) is 5.32 Å². The van der Waals surface area contributed by atoms with Crippen LogP contribution in [0.25, 0.3) is 0 Å². The molecular weight excluding hydrogens is 283 g/mol. The van der Waals surface area contributed by atoms with Crippen LogP contribution in [-0.2, 0) is 9.53 Å². The van der Waals surface area contributed by atoms with Crippen LogP contribution in [-0.4, -0.2) is 43.6 Å². The third kappa shape index (κ3) is 3.84. The Labute approximate surface area is 130 Å². The summed E-state index contributed by atoms with van der Waals surface area (Å²) in [7, 11) is 0. The highest BCUT2D eigenvalue weighted by molar-refractivity contribution is 5.76. The molecule has 0 spiro atoms. The number of nitrogens with zero attached hydrogens (tertiary/aromatic N) is 1. The summed E-state index contributed by atoms with van der Waals surface area (Å²) in [6.07, 6.45) is 2.65. The lowest BCUT2D eigenvalue weighted by molar-refractivity contribution is -0.140. The van der Waals surface area contributed by atoms with Crippen LogP contribution >= 0.6 is 0 Å². The standard InChI is InChI=1S/C17H23FN2O2/c18-15-3-1-14(2-4-15)16-12-20(9-10-22-16)17(21)11-13-5-7-19-8-6-13/h1-4,13,16,19H,5-12H2. The van der Waals surface area contributed by atoms with Gasteiger partial charge in [0.1, 0.15) is 11.9 Å². The second-order valence-electron chi connectivity index (χ2n) is 6.15. The predicted molar refractivity (Wildman–Crippen MR) is 81.9 cm³/mol. The second kappa shape index (κ2) is 7.20. The van der Waals surface area contributed by atoms with E-state index in [-0.39, 0.29) is 17.8 Å². The van der Waals surface area contributed by atoms with E-state index in [1.807, 2.05) is 4.90 Å². The minimum Gasteiger partial charge on any atom is -0.370 e. The lowest BCUT2D eigenvalue weighted by atomic mass is 9.94. The van der Waals surface area contributed by atoms with Crippen molar-refractivity contribution >= 4 is 5.91 Å². The SMILES string of the molecule is O=C(CC1CCNCC1)N1CCOC(c2ccc(F)cc2)C1. The summed E-state index contributed by atoms with van der Waals surface area (Å²) in [5, 5.41) is 3.33. The molecule has 3 rings (SSSR count). The maximum atomic E-state index is 13.0. The molecule has 120 valence electrons. The number of amides is 1. The van der Waals surface area contributed by atoms with Crippen molar-refractivity contribution in [2.75, 3.05) is 32.8 Å². The van der Waals surface area contributed by atoms with Gasteiger partial charge in [0.25, 0.3) is 0 Å². The molecule has 0 saturated carbocycles. The van der Waals surface area contributed by atoms with Crippen molar-refractivity contribution < 1.29 is 13.9 Å². The fourth-order valence-corrected chi connectivity index (χ4v) is 3.22. The lowest BCUT2D eigenvalue weighted by Crippen LogP contribution is -2.43. The Morgan fingerprint density at radius 3 is 2.73 bits per heavy atom. The van der Waals surface area contributed by atoms with Crippen molar-refractivity contribution in [3.63, 3.8) is 0 Å². The Morgan fingerprint density at radius 2 is 2.00 bits per heavy atom. The number of carbonyl (C=O) groups excluding carboxylic acids is 1. The molecule has 1 atom stereocenters. The summed E-state index contributed by atoms with van der Waals surface area (Å²) in [5.74, 6) is 0.474. The van der Waals surface area contributed by atoms with E-state index >= 15 is 0 Å². The van der Waals surface area contributed by atoms with Crippen molar-refractivity contribution in [1.82, 2.24) is 10.2 Å². The summed E-state index contributed by atoms with van der Waals surface area (Å²) < 4.78 is 18.8. The molecule has 22 heavy (non-hydrogen) atoms. The molecule has 1 amide bonds. The number of rotatable bonds is 3. The van der Waals surface area contributed by atoms with Crippen molar-refractivity contribution in [2.24, 2.45) is 5.92 Å². The summed E-state index contributed by atoms with van der Waals surface area (Å²) in [5.41, 5.74) is 0.931. The predicted octanol–water partition coefficient (Wildman–Crippen LogP) is 2.12. The Hall–Kier alpha value is -1.46. The third-order valence-corrected chi connectivity index (χ3v) is 4.58. The first-order chi connectivity index (χ1) is 10.7. The van der Waals surface area contributed by atoms with Gasteiger partial charge in [-0.05, 0) is 49.5 Å². The Bertz CT molecular complexity index is 500. The average molecular weight is 306 g/mol. The lowest BCUT2D eigenvalue weighted by Gasteiger charge is -2.34. The first-order valence-electron chi connectivity index (χ1n) is 8.08. The summed E-state index contributed by atoms with van der Waals surface area (Å²) in [6, 6.07) is 6.35. The number of ether oxygens (including phenoxy) is 1. The van der Waals surface area contributed by atoms with E-state index in [1.165, 1.54) is 12.1 Å². The van der Waals surface area contributed by atoms with Gasteiger partial charge in [-0.15, -0.1) is 0 Å². The summed E-state index contributed by atoms with van der Waals surface area (Å²) in [6.45, 7) is 3.79. The smallest absolute Gasteiger partial charge is 0.223 e. The van der Waals surface area contributed by atoms with E-state index in [0.29, 0.717) is 32.0 Å². The van der Waals surface area contributed by atoms with Crippen LogP contribution in [0.5, 0.6) is 0 Å². The van der Waals surface area contributed by atoms with Gasteiger partial charge in [0.2, 0.25) is 5.91 Å². The van der Waals surface area contributed by atoms with Gasteiger partial charge in [-0.1, -0.05) is 12.1 Å². The van der Waals surface area contributed by atoms with Gasteiger partial charge in [-0.3, -0.25) is 4.79 Å². The Balaban J connectivity index is 1.57. The van der Waals surface area contributed by atoms with Gasteiger partial charge in [0, 0.05) is 13.0 Å². The Morgan fingerprint density at radius 1 is 1.27 bits per heavy atom. The monoisotopic (exact) mass is 306 g/mol. The van der Waals surface area contributed by atoms with E-state index in [1.54, 1.807) is 12.1 Å².